The molecule has 134 valence electrons. The van der Waals surface area contributed by atoms with Crippen LogP contribution in [0.3, 0.4) is 0 Å². The molecule has 2 aromatic rings. The van der Waals surface area contributed by atoms with E-state index in [9.17, 15) is 22.4 Å². The molecular weight excluding hydrogens is 338 g/mol. The van der Waals surface area contributed by atoms with Crippen molar-refractivity contribution < 1.29 is 27.1 Å². The Morgan fingerprint density at radius 3 is 2.36 bits per heavy atom. The third kappa shape index (κ3) is 5.20. The molecule has 0 aliphatic carbocycles. The van der Waals surface area contributed by atoms with Crippen LogP contribution in [0.1, 0.15) is 18.1 Å². The minimum atomic E-state index is -4.40. The van der Waals surface area contributed by atoms with Crippen LogP contribution in [0.25, 0.3) is 0 Å². The van der Waals surface area contributed by atoms with E-state index in [4.69, 9.17) is 4.74 Å². The number of carbonyl (C=O) groups excluding carboxylic acids is 1. The van der Waals surface area contributed by atoms with Crippen LogP contribution < -0.4 is 4.74 Å². The number of halogens is 4. The predicted molar refractivity (Wildman–Crippen MR) is 84.4 cm³/mol. The Balaban J connectivity index is 1.97. The Hall–Kier alpha value is -2.57. The van der Waals surface area contributed by atoms with Crippen molar-refractivity contribution in [2.75, 3.05) is 7.05 Å². The van der Waals surface area contributed by atoms with E-state index < -0.39 is 23.7 Å². The van der Waals surface area contributed by atoms with Crippen molar-refractivity contribution >= 4 is 5.91 Å². The molecule has 0 aliphatic heterocycles. The third-order valence-electron chi connectivity index (χ3n) is 3.53. The molecule has 3 nitrogen and oxygen atoms in total. The number of hydrogen-bond donors (Lipinski definition) is 0. The lowest BCUT2D eigenvalue weighted by atomic mass is 10.1. The van der Waals surface area contributed by atoms with Gasteiger partial charge in [0, 0.05) is 19.7 Å². The molecule has 0 aliphatic rings. The number of ether oxygens (including phenoxy) is 1. The Morgan fingerprint density at radius 2 is 1.80 bits per heavy atom. The lowest BCUT2D eigenvalue weighted by Gasteiger charge is -2.22. The highest BCUT2D eigenvalue weighted by molar-refractivity contribution is 5.80. The van der Waals surface area contributed by atoms with Crippen LogP contribution in [0.4, 0.5) is 17.6 Å². The molecule has 0 fully saturated rings. The fraction of sp³-hybridized carbons (Fsp3) is 0.278. The largest absolute Gasteiger partial charge is 0.481 e. The zero-order valence-electron chi connectivity index (χ0n) is 13.7. The van der Waals surface area contributed by atoms with Gasteiger partial charge in [0.1, 0.15) is 11.6 Å². The maximum atomic E-state index is 13.1. The summed E-state index contributed by atoms with van der Waals surface area (Å²) in [5.41, 5.74) is -0.185. The van der Waals surface area contributed by atoms with Crippen LogP contribution in [0.2, 0.25) is 0 Å². The first-order chi connectivity index (χ1) is 11.7. The van der Waals surface area contributed by atoms with Crippen molar-refractivity contribution in [3.63, 3.8) is 0 Å². The van der Waals surface area contributed by atoms with Crippen LogP contribution in [0.15, 0.2) is 48.5 Å². The van der Waals surface area contributed by atoms with E-state index in [1.807, 2.05) is 0 Å². The summed E-state index contributed by atoms with van der Waals surface area (Å²) in [5.74, 6) is -0.622. The van der Waals surface area contributed by atoms with E-state index in [0.717, 1.165) is 12.1 Å². The molecule has 0 spiro atoms. The first kappa shape index (κ1) is 18.8. The summed E-state index contributed by atoms with van der Waals surface area (Å²) in [6.45, 7) is 1.66. The van der Waals surface area contributed by atoms with Crippen LogP contribution in [0, 0.1) is 5.82 Å². The van der Waals surface area contributed by atoms with Crippen LogP contribution in [-0.2, 0) is 17.5 Å². The van der Waals surface area contributed by atoms with Crippen molar-refractivity contribution in [3.05, 3.63) is 65.5 Å². The summed E-state index contributed by atoms with van der Waals surface area (Å²) in [4.78, 5) is 13.6. The number of hydrogen-bond acceptors (Lipinski definition) is 2. The molecular formula is C18H17F4NO2. The minimum absolute atomic E-state index is 0.133. The van der Waals surface area contributed by atoms with E-state index in [1.165, 1.54) is 55.3 Å². The van der Waals surface area contributed by atoms with Crippen LogP contribution in [0.5, 0.6) is 5.75 Å². The number of carbonyl (C=O) groups is 1. The zero-order valence-corrected chi connectivity index (χ0v) is 13.7. The Bertz CT molecular complexity index is 729. The predicted octanol–water partition coefficient (Wildman–Crippen LogP) is 4.27. The van der Waals surface area contributed by atoms with Crippen molar-refractivity contribution in [1.29, 1.82) is 0 Å². The van der Waals surface area contributed by atoms with Gasteiger partial charge < -0.3 is 9.64 Å². The van der Waals surface area contributed by atoms with Crippen LogP contribution in [-0.4, -0.2) is 24.0 Å². The van der Waals surface area contributed by atoms with Gasteiger partial charge in [-0.25, -0.2) is 4.39 Å². The molecule has 0 N–H and O–H groups in total. The van der Waals surface area contributed by atoms with Gasteiger partial charge in [0.2, 0.25) is 0 Å². The topological polar surface area (TPSA) is 29.5 Å². The standard InChI is InChI=1S/C18H17F4NO2/c1-12(25-16-5-3-4-15(19)10-16)17(24)23(2)11-13-6-8-14(9-7-13)18(20,21)22/h3-10,12H,11H2,1-2H3. The number of rotatable bonds is 5. The summed E-state index contributed by atoms with van der Waals surface area (Å²) in [5, 5.41) is 0. The highest BCUT2D eigenvalue weighted by atomic mass is 19.4. The van der Waals surface area contributed by atoms with Crippen molar-refractivity contribution in [2.45, 2.75) is 25.7 Å². The number of amides is 1. The number of likely N-dealkylation sites (N-methyl/N-ethyl adjacent to an activating group) is 1. The highest BCUT2D eigenvalue weighted by Gasteiger charge is 2.30. The number of benzene rings is 2. The smallest absolute Gasteiger partial charge is 0.416 e. The first-order valence-corrected chi connectivity index (χ1v) is 7.50. The normalized spacial score (nSPS) is 12.6. The SMILES string of the molecule is CC(Oc1cccc(F)c1)C(=O)N(C)Cc1ccc(C(F)(F)F)cc1. The summed E-state index contributed by atoms with van der Waals surface area (Å²) < 4.78 is 56.2. The van der Waals surface area contributed by atoms with Gasteiger partial charge in [-0.15, -0.1) is 0 Å². The summed E-state index contributed by atoms with van der Waals surface area (Å²) in [6.07, 6.45) is -5.26. The molecule has 1 atom stereocenters. The second-order valence-corrected chi connectivity index (χ2v) is 5.61. The average molecular weight is 355 g/mol. The van der Waals surface area contributed by atoms with Gasteiger partial charge in [0.25, 0.3) is 5.91 Å². The van der Waals surface area contributed by atoms with Crippen molar-refractivity contribution in [3.8, 4) is 5.75 Å². The minimum Gasteiger partial charge on any atom is -0.481 e. The monoisotopic (exact) mass is 355 g/mol. The Morgan fingerprint density at radius 1 is 1.16 bits per heavy atom. The maximum Gasteiger partial charge on any atom is 0.416 e. The summed E-state index contributed by atoms with van der Waals surface area (Å²) in [6, 6.07) is 10.0. The molecule has 0 bridgehead atoms. The first-order valence-electron chi connectivity index (χ1n) is 7.50. The van der Waals surface area contributed by atoms with E-state index in [-0.39, 0.29) is 18.2 Å². The number of nitrogens with zero attached hydrogens (tertiary/aromatic N) is 1. The molecule has 0 saturated carbocycles. The maximum absolute atomic E-state index is 13.1. The zero-order chi connectivity index (χ0) is 18.6. The van der Waals surface area contributed by atoms with Gasteiger partial charge in [-0.05, 0) is 36.8 Å². The summed E-state index contributed by atoms with van der Waals surface area (Å²) >= 11 is 0. The van der Waals surface area contributed by atoms with Crippen molar-refractivity contribution in [2.24, 2.45) is 0 Å². The van der Waals surface area contributed by atoms with Gasteiger partial charge in [0.05, 0.1) is 5.56 Å². The summed E-state index contributed by atoms with van der Waals surface area (Å²) in [7, 11) is 1.52. The van der Waals surface area contributed by atoms with Crippen molar-refractivity contribution in [1.82, 2.24) is 4.90 Å². The molecule has 1 amide bonds. The molecule has 0 heterocycles. The molecule has 0 aromatic heterocycles. The molecule has 7 heteroatoms. The van der Waals surface area contributed by atoms with E-state index in [1.54, 1.807) is 0 Å². The van der Waals surface area contributed by atoms with E-state index in [0.29, 0.717) is 5.56 Å². The second-order valence-electron chi connectivity index (χ2n) is 5.61. The average Bonchev–Trinajstić information content (AvgIpc) is 2.53. The molecule has 1 unspecified atom stereocenters. The van der Waals surface area contributed by atoms with Crippen LogP contribution >= 0.6 is 0 Å². The molecule has 2 aromatic carbocycles. The van der Waals surface area contributed by atoms with Gasteiger partial charge in [-0.1, -0.05) is 18.2 Å². The lowest BCUT2D eigenvalue weighted by Crippen LogP contribution is -2.37. The fourth-order valence-corrected chi connectivity index (χ4v) is 2.26. The van der Waals surface area contributed by atoms with Gasteiger partial charge in [-0.2, -0.15) is 13.2 Å². The second kappa shape index (κ2) is 7.55. The van der Waals surface area contributed by atoms with Gasteiger partial charge >= 0.3 is 6.18 Å². The molecule has 2 rings (SSSR count). The fourth-order valence-electron chi connectivity index (χ4n) is 2.26. The molecule has 0 radical (unpaired) electrons. The number of alkyl halides is 3. The quantitative estimate of drug-likeness (QED) is 0.750. The van der Waals surface area contributed by atoms with E-state index in [2.05, 4.69) is 0 Å². The molecule has 0 saturated heterocycles. The van der Waals surface area contributed by atoms with Gasteiger partial charge in [-0.3, -0.25) is 4.79 Å². The highest BCUT2D eigenvalue weighted by Crippen LogP contribution is 2.29. The lowest BCUT2D eigenvalue weighted by molar-refractivity contribution is -0.138. The third-order valence-corrected chi connectivity index (χ3v) is 3.53. The Labute approximate surface area is 142 Å². The molecule has 25 heavy (non-hydrogen) atoms. The Kier molecular flexibility index (Phi) is 5.66. The van der Waals surface area contributed by atoms with E-state index >= 15 is 0 Å². The van der Waals surface area contributed by atoms with Gasteiger partial charge in [0.15, 0.2) is 6.10 Å².